The fourth-order valence-electron chi connectivity index (χ4n) is 2.64. The van der Waals surface area contributed by atoms with Gasteiger partial charge in [0.05, 0.1) is 5.41 Å². The smallest absolute Gasteiger partial charge is 0.321 e. The van der Waals surface area contributed by atoms with E-state index >= 15 is 0 Å². The van der Waals surface area contributed by atoms with Crippen molar-refractivity contribution in [2.75, 3.05) is 6.79 Å². The number of hydrogen-bond acceptors (Lipinski definition) is 4. The molecule has 106 valence electrons. The van der Waals surface area contributed by atoms with Crippen LogP contribution >= 0.6 is 0 Å². The maximum atomic E-state index is 12.5. The van der Waals surface area contributed by atoms with Crippen LogP contribution in [0.25, 0.3) is 0 Å². The number of benzene rings is 2. The van der Waals surface area contributed by atoms with Crippen LogP contribution in [0, 0.1) is 0 Å². The number of rotatable bonds is 3. The predicted octanol–water partition coefficient (Wildman–Crippen LogP) is 3.05. The number of carbonyl (C=O) groups excluding carboxylic acids is 1. The average Bonchev–Trinajstić information content (AvgIpc) is 3.21. The number of esters is 1. The summed E-state index contributed by atoms with van der Waals surface area (Å²) >= 11 is 0. The Morgan fingerprint density at radius 3 is 2.52 bits per heavy atom. The second-order valence-corrected chi connectivity index (χ2v) is 5.35. The molecule has 0 amide bonds. The van der Waals surface area contributed by atoms with Crippen molar-refractivity contribution in [3.8, 4) is 17.2 Å². The molecule has 1 fully saturated rings. The van der Waals surface area contributed by atoms with E-state index in [9.17, 15) is 4.79 Å². The molecule has 2 aromatic carbocycles. The van der Waals surface area contributed by atoms with Crippen molar-refractivity contribution in [2.24, 2.45) is 0 Å². The maximum Gasteiger partial charge on any atom is 0.321 e. The molecule has 1 aliphatic heterocycles. The first-order chi connectivity index (χ1) is 10.3. The Kier molecular flexibility index (Phi) is 2.64. The van der Waals surface area contributed by atoms with Gasteiger partial charge in [0.25, 0.3) is 0 Å². The van der Waals surface area contributed by atoms with E-state index in [0.29, 0.717) is 17.2 Å². The highest BCUT2D eigenvalue weighted by Gasteiger charge is 2.53. The van der Waals surface area contributed by atoms with Crippen LogP contribution in [-0.2, 0) is 10.2 Å². The number of hydrogen-bond donors (Lipinski definition) is 0. The van der Waals surface area contributed by atoms with Gasteiger partial charge in [0.2, 0.25) is 6.79 Å². The van der Waals surface area contributed by atoms with Crippen LogP contribution in [-0.4, -0.2) is 12.8 Å². The molecule has 0 spiro atoms. The van der Waals surface area contributed by atoms with Crippen LogP contribution in [0.2, 0.25) is 0 Å². The van der Waals surface area contributed by atoms with Gasteiger partial charge in [0, 0.05) is 6.07 Å². The summed E-state index contributed by atoms with van der Waals surface area (Å²) in [5.41, 5.74) is 0.549. The highest BCUT2D eigenvalue weighted by atomic mass is 16.7. The molecule has 0 unspecified atom stereocenters. The first kappa shape index (κ1) is 12.3. The zero-order chi connectivity index (χ0) is 14.3. The molecule has 0 radical (unpaired) electrons. The van der Waals surface area contributed by atoms with Crippen LogP contribution in [0.5, 0.6) is 17.2 Å². The first-order valence-corrected chi connectivity index (χ1v) is 6.95. The van der Waals surface area contributed by atoms with E-state index in [0.717, 1.165) is 18.4 Å². The predicted molar refractivity (Wildman–Crippen MR) is 75.6 cm³/mol. The van der Waals surface area contributed by atoms with Gasteiger partial charge >= 0.3 is 5.97 Å². The summed E-state index contributed by atoms with van der Waals surface area (Å²) in [5.74, 6) is 1.59. The SMILES string of the molecule is O=C(Oc1ccc2c(c1)OCO2)C1(c2ccccc2)CC1. The Morgan fingerprint density at radius 2 is 1.76 bits per heavy atom. The molecule has 21 heavy (non-hydrogen) atoms. The molecule has 1 heterocycles. The molecule has 0 aromatic heterocycles. The third-order valence-corrected chi connectivity index (χ3v) is 4.02. The lowest BCUT2D eigenvalue weighted by molar-refractivity contribution is -0.137. The number of carbonyl (C=O) groups is 1. The van der Waals surface area contributed by atoms with E-state index in [1.807, 2.05) is 30.3 Å². The summed E-state index contributed by atoms with van der Waals surface area (Å²) in [6, 6.07) is 15.0. The Labute approximate surface area is 122 Å². The highest BCUT2D eigenvalue weighted by molar-refractivity contribution is 5.88. The molecule has 2 aliphatic rings. The van der Waals surface area contributed by atoms with Gasteiger partial charge < -0.3 is 14.2 Å². The fraction of sp³-hybridized carbons (Fsp3) is 0.235. The Bertz CT molecular complexity index is 689. The Morgan fingerprint density at radius 1 is 1.00 bits per heavy atom. The summed E-state index contributed by atoms with van der Waals surface area (Å²) in [5, 5.41) is 0. The lowest BCUT2D eigenvalue weighted by Crippen LogP contribution is -2.25. The number of ether oxygens (including phenoxy) is 3. The normalized spacial score (nSPS) is 17.3. The Balaban J connectivity index is 1.56. The monoisotopic (exact) mass is 282 g/mol. The van der Waals surface area contributed by atoms with E-state index in [2.05, 4.69) is 0 Å². The molecule has 0 N–H and O–H groups in total. The largest absolute Gasteiger partial charge is 0.454 e. The van der Waals surface area contributed by atoms with Gasteiger partial charge in [0.15, 0.2) is 11.5 Å². The minimum Gasteiger partial charge on any atom is -0.454 e. The van der Waals surface area contributed by atoms with Gasteiger partial charge in [-0.2, -0.15) is 0 Å². The standard InChI is InChI=1S/C17H14O4/c18-16(17(8-9-17)12-4-2-1-3-5-12)21-13-6-7-14-15(10-13)20-11-19-14/h1-7,10H,8-9,11H2. The molecule has 2 aromatic rings. The third-order valence-electron chi connectivity index (χ3n) is 4.02. The fourth-order valence-corrected chi connectivity index (χ4v) is 2.64. The molecule has 0 saturated heterocycles. The van der Waals surface area contributed by atoms with Gasteiger partial charge in [-0.25, -0.2) is 0 Å². The zero-order valence-electron chi connectivity index (χ0n) is 11.4. The molecule has 0 atom stereocenters. The van der Waals surface area contributed by atoms with E-state index in [-0.39, 0.29) is 12.8 Å². The molecule has 0 bridgehead atoms. The first-order valence-electron chi connectivity index (χ1n) is 6.95. The van der Waals surface area contributed by atoms with Crippen molar-refractivity contribution >= 4 is 5.97 Å². The van der Waals surface area contributed by atoms with Crippen LogP contribution in [0.3, 0.4) is 0 Å². The summed E-state index contributed by atoms with van der Waals surface area (Å²) in [6.45, 7) is 0.209. The minimum atomic E-state index is -0.475. The van der Waals surface area contributed by atoms with E-state index < -0.39 is 5.41 Å². The number of fused-ring (bicyclic) bond motifs is 1. The summed E-state index contributed by atoms with van der Waals surface area (Å²) < 4.78 is 16.1. The van der Waals surface area contributed by atoms with Gasteiger partial charge in [-0.15, -0.1) is 0 Å². The topological polar surface area (TPSA) is 44.8 Å². The van der Waals surface area contributed by atoms with E-state index in [4.69, 9.17) is 14.2 Å². The molecular weight excluding hydrogens is 268 g/mol. The van der Waals surface area contributed by atoms with Crippen molar-refractivity contribution in [3.05, 3.63) is 54.1 Å². The molecule has 4 rings (SSSR count). The summed E-state index contributed by atoms with van der Waals surface area (Å²) in [6.07, 6.45) is 1.67. The maximum absolute atomic E-state index is 12.5. The minimum absolute atomic E-state index is 0.201. The van der Waals surface area contributed by atoms with E-state index in [1.165, 1.54) is 0 Å². The zero-order valence-corrected chi connectivity index (χ0v) is 11.4. The van der Waals surface area contributed by atoms with Crippen molar-refractivity contribution < 1.29 is 19.0 Å². The van der Waals surface area contributed by atoms with Gasteiger partial charge in [-0.1, -0.05) is 30.3 Å². The lowest BCUT2D eigenvalue weighted by Gasteiger charge is -2.14. The Hall–Kier alpha value is -2.49. The van der Waals surface area contributed by atoms with Gasteiger partial charge in [0.1, 0.15) is 5.75 Å². The van der Waals surface area contributed by atoms with Crippen molar-refractivity contribution in [1.29, 1.82) is 0 Å². The highest BCUT2D eigenvalue weighted by Crippen LogP contribution is 2.49. The van der Waals surface area contributed by atoms with Gasteiger partial charge in [-0.05, 0) is 30.5 Å². The second-order valence-electron chi connectivity index (χ2n) is 5.35. The van der Waals surface area contributed by atoms with Crippen LogP contribution < -0.4 is 14.2 Å². The molecule has 4 heteroatoms. The summed E-state index contributed by atoms with van der Waals surface area (Å²) in [7, 11) is 0. The van der Waals surface area contributed by atoms with Crippen LogP contribution in [0.1, 0.15) is 18.4 Å². The van der Waals surface area contributed by atoms with Crippen LogP contribution in [0.4, 0.5) is 0 Å². The third kappa shape index (κ3) is 2.03. The average molecular weight is 282 g/mol. The molecule has 4 nitrogen and oxygen atoms in total. The van der Waals surface area contributed by atoms with Crippen LogP contribution in [0.15, 0.2) is 48.5 Å². The molecule has 1 aliphatic carbocycles. The quantitative estimate of drug-likeness (QED) is 0.641. The molecule has 1 saturated carbocycles. The van der Waals surface area contributed by atoms with Crippen molar-refractivity contribution in [3.63, 3.8) is 0 Å². The van der Waals surface area contributed by atoms with E-state index in [1.54, 1.807) is 18.2 Å². The van der Waals surface area contributed by atoms with Crippen molar-refractivity contribution in [1.82, 2.24) is 0 Å². The second kappa shape index (κ2) is 4.52. The lowest BCUT2D eigenvalue weighted by atomic mass is 9.96. The summed E-state index contributed by atoms with van der Waals surface area (Å²) in [4.78, 5) is 12.5. The van der Waals surface area contributed by atoms with Crippen molar-refractivity contribution in [2.45, 2.75) is 18.3 Å². The molecular formula is C17H14O4. The van der Waals surface area contributed by atoms with Gasteiger partial charge in [-0.3, -0.25) is 4.79 Å².